The molecule has 0 atom stereocenters. The number of nitrogens with zero attached hydrogens (tertiary/aromatic N) is 1. The van der Waals surface area contributed by atoms with Crippen LogP contribution in [0.4, 0.5) is 21.9 Å². The van der Waals surface area contributed by atoms with Crippen molar-refractivity contribution in [2.24, 2.45) is 4.99 Å². The maximum atomic E-state index is 12.8. The molecular formula is C23H25N5O5. The third-order valence-electron chi connectivity index (χ3n) is 4.51. The molecule has 0 saturated carbocycles. The Kier molecular flexibility index (Phi) is 8.01. The first-order chi connectivity index (χ1) is 15.9. The summed E-state index contributed by atoms with van der Waals surface area (Å²) in [6, 6.07) is 11.7. The minimum absolute atomic E-state index is 0.175. The van der Waals surface area contributed by atoms with Gasteiger partial charge < -0.3 is 25.8 Å². The third kappa shape index (κ3) is 7.10. The van der Waals surface area contributed by atoms with Gasteiger partial charge in [-0.25, -0.2) is 9.59 Å². The van der Waals surface area contributed by atoms with Gasteiger partial charge in [0.1, 0.15) is 0 Å². The van der Waals surface area contributed by atoms with Crippen LogP contribution in [0.15, 0.2) is 53.5 Å². The molecule has 0 radical (unpaired) electrons. The van der Waals surface area contributed by atoms with Crippen molar-refractivity contribution in [1.82, 2.24) is 5.32 Å². The maximum absolute atomic E-state index is 12.8. The van der Waals surface area contributed by atoms with E-state index in [2.05, 4.69) is 26.3 Å². The Morgan fingerprint density at radius 1 is 1.15 bits per heavy atom. The molecule has 0 unspecified atom stereocenters. The smallest absolute Gasteiger partial charge is 0.411 e. The highest BCUT2D eigenvalue weighted by Crippen LogP contribution is 2.24. The predicted molar refractivity (Wildman–Crippen MR) is 127 cm³/mol. The summed E-state index contributed by atoms with van der Waals surface area (Å²) in [7, 11) is 0. The van der Waals surface area contributed by atoms with Crippen LogP contribution in [-0.2, 0) is 9.53 Å². The Morgan fingerprint density at radius 3 is 2.73 bits per heavy atom. The van der Waals surface area contributed by atoms with Crippen LogP contribution >= 0.6 is 0 Å². The minimum atomic E-state index is -1.13. The van der Waals surface area contributed by atoms with Crippen molar-refractivity contribution >= 4 is 47.1 Å². The van der Waals surface area contributed by atoms with E-state index in [1.54, 1.807) is 37.3 Å². The van der Waals surface area contributed by atoms with Crippen LogP contribution in [0.1, 0.15) is 29.3 Å². The van der Waals surface area contributed by atoms with Crippen molar-refractivity contribution in [2.45, 2.75) is 13.3 Å². The number of carboxylic acid groups (broad SMARTS) is 1. The first-order valence-electron chi connectivity index (χ1n) is 10.4. The van der Waals surface area contributed by atoms with Crippen LogP contribution in [0.5, 0.6) is 0 Å². The Bertz CT molecular complexity index is 1100. The minimum Gasteiger partial charge on any atom is -0.478 e. The van der Waals surface area contributed by atoms with Crippen LogP contribution in [0.3, 0.4) is 0 Å². The van der Waals surface area contributed by atoms with Crippen molar-refractivity contribution in [2.75, 3.05) is 35.6 Å². The Hall–Kier alpha value is -4.34. The Balaban J connectivity index is 1.77. The second-order valence-electron chi connectivity index (χ2n) is 6.99. The Labute approximate surface area is 190 Å². The standard InChI is InChI=1S/C23H25N5O5/c1-2-33-23(32)28-19-14-18(9-7-15(19)8-10-20(29)30)26-21(31)16-5-3-6-17(13-16)27-22-24-11-4-12-25-22/h3,5-10,13-14H,2,4,11-12H2,1H3,(H,26,31)(H,28,32)(H,29,30)(H2,24,25,27)/b10-8+. The number of guanidine groups is 1. The van der Waals surface area contributed by atoms with Crippen molar-refractivity contribution in [3.05, 3.63) is 59.7 Å². The quantitative estimate of drug-likeness (QED) is 0.406. The van der Waals surface area contributed by atoms with E-state index < -0.39 is 12.1 Å². The molecule has 0 fully saturated rings. The lowest BCUT2D eigenvalue weighted by atomic mass is 10.1. The summed E-state index contributed by atoms with van der Waals surface area (Å²) in [5.41, 5.74) is 2.28. The highest BCUT2D eigenvalue weighted by atomic mass is 16.5. The van der Waals surface area contributed by atoms with Gasteiger partial charge in [-0.1, -0.05) is 12.1 Å². The molecule has 2 aromatic rings. The SMILES string of the molecule is CCOC(=O)Nc1cc(NC(=O)c2cccc(NC3=NCCCN3)c2)ccc1/C=C/C(=O)O. The van der Waals surface area contributed by atoms with Crippen LogP contribution in [0.25, 0.3) is 6.08 Å². The van der Waals surface area contributed by atoms with Gasteiger partial charge in [-0.15, -0.1) is 0 Å². The number of hydrogen-bond donors (Lipinski definition) is 5. The molecule has 3 rings (SSSR count). The molecule has 0 aromatic heterocycles. The lowest BCUT2D eigenvalue weighted by Crippen LogP contribution is -2.35. The van der Waals surface area contributed by atoms with E-state index in [0.717, 1.165) is 31.3 Å². The summed E-state index contributed by atoms with van der Waals surface area (Å²) in [6.07, 6.45) is 2.58. The topological polar surface area (TPSA) is 141 Å². The van der Waals surface area contributed by atoms with Crippen molar-refractivity contribution in [1.29, 1.82) is 0 Å². The molecule has 0 aliphatic carbocycles. The van der Waals surface area contributed by atoms with E-state index in [-0.39, 0.29) is 12.5 Å². The second kappa shape index (κ2) is 11.3. The van der Waals surface area contributed by atoms with Crippen molar-refractivity contribution in [3.8, 4) is 0 Å². The average molecular weight is 451 g/mol. The molecule has 1 heterocycles. The van der Waals surface area contributed by atoms with Gasteiger partial charge in [0, 0.05) is 36.1 Å². The molecule has 5 N–H and O–H groups in total. The number of benzene rings is 2. The lowest BCUT2D eigenvalue weighted by Gasteiger charge is -2.16. The number of ether oxygens (including phenoxy) is 1. The van der Waals surface area contributed by atoms with Gasteiger partial charge in [0.2, 0.25) is 0 Å². The summed E-state index contributed by atoms with van der Waals surface area (Å²) in [6.45, 7) is 3.43. The van der Waals surface area contributed by atoms with Crippen LogP contribution in [-0.4, -0.2) is 48.7 Å². The van der Waals surface area contributed by atoms with Crippen LogP contribution in [0, 0.1) is 0 Å². The Morgan fingerprint density at radius 2 is 2.00 bits per heavy atom. The van der Waals surface area contributed by atoms with Crippen molar-refractivity contribution in [3.63, 3.8) is 0 Å². The average Bonchev–Trinajstić information content (AvgIpc) is 2.79. The van der Waals surface area contributed by atoms with E-state index in [4.69, 9.17) is 9.84 Å². The predicted octanol–water partition coefficient (Wildman–Crippen LogP) is 3.37. The monoisotopic (exact) mass is 451 g/mol. The fourth-order valence-electron chi connectivity index (χ4n) is 3.02. The molecule has 0 bridgehead atoms. The number of anilines is 3. The zero-order chi connectivity index (χ0) is 23.6. The normalized spacial score (nSPS) is 12.9. The van der Waals surface area contributed by atoms with Gasteiger partial charge in [-0.05, 0) is 55.3 Å². The number of aliphatic imine (C=N–C) groups is 1. The first kappa shape index (κ1) is 23.3. The summed E-state index contributed by atoms with van der Waals surface area (Å²) < 4.78 is 4.89. The van der Waals surface area contributed by atoms with E-state index in [1.807, 2.05) is 6.07 Å². The highest BCUT2D eigenvalue weighted by molar-refractivity contribution is 6.06. The summed E-state index contributed by atoms with van der Waals surface area (Å²) in [5.74, 6) is -0.816. The van der Waals surface area contributed by atoms with Crippen LogP contribution < -0.4 is 21.3 Å². The summed E-state index contributed by atoms with van der Waals surface area (Å²) in [4.78, 5) is 39.9. The van der Waals surface area contributed by atoms with E-state index in [0.29, 0.717) is 28.5 Å². The van der Waals surface area contributed by atoms with Gasteiger partial charge in [-0.3, -0.25) is 15.1 Å². The van der Waals surface area contributed by atoms with E-state index in [9.17, 15) is 14.4 Å². The summed E-state index contributed by atoms with van der Waals surface area (Å²) >= 11 is 0. The number of carbonyl (C=O) groups is 3. The van der Waals surface area contributed by atoms with Gasteiger partial charge in [0.25, 0.3) is 5.91 Å². The number of amides is 2. The molecule has 2 amide bonds. The number of aliphatic carboxylic acids is 1. The summed E-state index contributed by atoms with van der Waals surface area (Å²) in [5, 5.41) is 20.5. The number of nitrogens with one attached hydrogen (secondary N) is 4. The van der Waals surface area contributed by atoms with Gasteiger partial charge in [0.05, 0.1) is 12.3 Å². The molecule has 10 nitrogen and oxygen atoms in total. The fraction of sp³-hybridized carbons (Fsp3) is 0.217. The first-order valence-corrected chi connectivity index (χ1v) is 10.4. The molecule has 1 aliphatic heterocycles. The molecule has 10 heteroatoms. The number of rotatable bonds is 7. The second-order valence-corrected chi connectivity index (χ2v) is 6.99. The molecule has 0 spiro atoms. The number of carboxylic acids is 1. The molecule has 1 aliphatic rings. The van der Waals surface area contributed by atoms with E-state index >= 15 is 0 Å². The maximum Gasteiger partial charge on any atom is 0.411 e. The zero-order valence-electron chi connectivity index (χ0n) is 18.1. The number of hydrogen-bond acceptors (Lipinski definition) is 7. The molecular weight excluding hydrogens is 426 g/mol. The molecule has 172 valence electrons. The van der Waals surface area contributed by atoms with Gasteiger partial charge in [0.15, 0.2) is 5.96 Å². The zero-order valence-corrected chi connectivity index (χ0v) is 18.1. The number of carbonyl (C=O) groups excluding carboxylic acids is 2. The van der Waals surface area contributed by atoms with Gasteiger partial charge >= 0.3 is 12.1 Å². The van der Waals surface area contributed by atoms with Crippen LogP contribution in [0.2, 0.25) is 0 Å². The van der Waals surface area contributed by atoms with Gasteiger partial charge in [-0.2, -0.15) is 0 Å². The molecule has 33 heavy (non-hydrogen) atoms. The molecule has 2 aromatic carbocycles. The third-order valence-corrected chi connectivity index (χ3v) is 4.51. The molecule has 0 saturated heterocycles. The van der Waals surface area contributed by atoms with Crippen molar-refractivity contribution < 1.29 is 24.2 Å². The highest BCUT2D eigenvalue weighted by Gasteiger charge is 2.12. The van der Waals surface area contributed by atoms with E-state index in [1.165, 1.54) is 12.1 Å². The largest absolute Gasteiger partial charge is 0.478 e. The lowest BCUT2D eigenvalue weighted by molar-refractivity contribution is -0.131. The fourth-order valence-corrected chi connectivity index (χ4v) is 3.02.